The normalized spacial score (nSPS) is 55.8. The highest BCUT2D eigenvalue weighted by Gasteiger charge is 2.74. The van der Waals surface area contributed by atoms with Gasteiger partial charge in [-0.25, -0.2) is 39.1 Å². The summed E-state index contributed by atoms with van der Waals surface area (Å²) in [4.78, 5) is 49.2. The van der Waals surface area contributed by atoms with Crippen LogP contribution in [0.2, 0.25) is 0 Å². The van der Waals surface area contributed by atoms with E-state index in [2.05, 4.69) is 68.5 Å². The van der Waals surface area contributed by atoms with E-state index in [-0.39, 0.29) is 96.8 Å². The highest BCUT2D eigenvalue weighted by atomic mass is 17.3. The number of aliphatic hydroxyl groups excluding tert-OH is 4. The smallest absolute Gasteiger partial charge is 0.201 e. The first kappa shape index (κ1) is 68.4. The number of ether oxygens (including phenoxy) is 8. The molecule has 4 N–H and O–H groups in total. The average molecular weight is 1330 g/mol. The molecule has 0 amide bonds. The Hall–Kier alpha value is -1.32. The third-order valence-electron chi connectivity index (χ3n) is 29.4. The van der Waals surface area contributed by atoms with Crippen molar-refractivity contribution in [3.05, 3.63) is 24.3 Å². The molecule has 94 heavy (non-hydrogen) atoms. The van der Waals surface area contributed by atoms with Gasteiger partial charge in [-0.3, -0.25) is 0 Å². The first-order valence-corrected chi connectivity index (χ1v) is 37.4. The van der Waals surface area contributed by atoms with Crippen LogP contribution in [0.4, 0.5) is 0 Å². The minimum absolute atomic E-state index is 0.102. The van der Waals surface area contributed by atoms with Crippen LogP contribution in [0.15, 0.2) is 24.3 Å². The van der Waals surface area contributed by atoms with Crippen molar-refractivity contribution in [2.45, 2.75) is 319 Å². The molecule has 4 spiro atoms. The van der Waals surface area contributed by atoms with Gasteiger partial charge in [-0.15, -0.1) is 0 Å². The van der Waals surface area contributed by atoms with Gasteiger partial charge < -0.3 is 58.3 Å². The third kappa shape index (κ3) is 10.6. The fourth-order valence-electron chi connectivity index (χ4n) is 23.6. The van der Waals surface area contributed by atoms with Crippen LogP contribution < -0.4 is 0 Å². The van der Waals surface area contributed by atoms with Crippen LogP contribution in [0.1, 0.15) is 212 Å². The van der Waals surface area contributed by atoms with Gasteiger partial charge in [-0.1, -0.05) is 68.5 Å². The van der Waals surface area contributed by atoms with E-state index in [1.165, 1.54) is 0 Å². The molecule has 0 aromatic rings. The summed E-state index contributed by atoms with van der Waals surface area (Å²) in [5.41, 5.74) is -1.09. The molecule has 20 aliphatic rings. The molecule has 0 aromatic carbocycles. The van der Waals surface area contributed by atoms with Gasteiger partial charge in [0.1, 0.15) is 0 Å². The van der Waals surface area contributed by atoms with Crippen LogP contribution in [0.3, 0.4) is 0 Å². The molecule has 4 aliphatic carbocycles. The number of aliphatic hydroxyl groups is 4. The van der Waals surface area contributed by atoms with Crippen molar-refractivity contribution in [3.8, 4) is 0 Å². The molecule has 20 rings (SSSR count). The zero-order valence-electron chi connectivity index (χ0n) is 58.5. The summed E-state index contributed by atoms with van der Waals surface area (Å²) in [6, 6.07) is 0. The monoisotopic (exact) mass is 1320 g/mol. The number of rotatable bonds is 14. The highest BCUT2D eigenvalue weighted by Crippen LogP contribution is 2.66. The van der Waals surface area contributed by atoms with E-state index < -0.39 is 94.8 Å². The molecule has 0 aromatic heterocycles. The van der Waals surface area contributed by atoms with Gasteiger partial charge in [0.05, 0.1) is 36.6 Å². The van der Waals surface area contributed by atoms with Crippen LogP contribution in [0.25, 0.3) is 0 Å². The maximum atomic E-state index is 11.9. The van der Waals surface area contributed by atoms with Crippen molar-refractivity contribution in [2.24, 2.45) is 107 Å². The van der Waals surface area contributed by atoms with E-state index in [9.17, 15) is 20.4 Å². The van der Waals surface area contributed by atoms with Crippen molar-refractivity contribution in [1.82, 2.24) is 0 Å². The zero-order valence-corrected chi connectivity index (χ0v) is 58.5. The second-order valence-electron chi connectivity index (χ2n) is 34.7. The first-order valence-electron chi connectivity index (χ1n) is 37.4. The Morgan fingerprint density at radius 1 is 0.362 bits per heavy atom. The van der Waals surface area contributed by atoms with E-state index in [1.54, 1.807) is 0 Å². The van der Waals surface area contributed by atoms with Crippen molar-refractivity contribution in [2.75, 3.05) is 13.2 Å². The Labute approximate surface area is 558 Å². The Bertz CT molecular complexity index is 2620. The van der Waals surface area contributed by atoms with Crippen LogP contribution in [-0.2, 0) is 77.0 Å². The largest absolute Gasteiger partial charge is 0.396 e. The van der Waals surface area contributed by atoms with Crippen molar-refractivity contribution < 1.29 is 97.4 Å². The molecule has 2 unspecified atom stereocenters. The van der Waals surface area contributed by atoms with E-state index in [0.717, 1.165) is 103 Å². The minimum Gasteiger partial charge on any atom is -0.396 e. The van der Waals surface area contributed by atoms with Gasteiger partial charge in [0.2, 0.25) is 23.1 Å². The van der Waals surface area contributed by atoms with Crippen molar-refractivity contribution in [1.29, 1.82) is 0 Å². The van der Waals surface area contributed by atoms with Crippen LogP contribution in [0, 0.1) is 107 Å². The van der Waals surface area contributed by atoms with Gasteiger partial charge in [-0.05, 0) is 213 Å². The number of hydrogen-bond donors (Lipinski definition) is 4. The first-order chi connectivity index (χ1) is 44.7. The quantitative estimate of drug-likeness (QED) is 0.0936. The molecule has 16 aliphatic heterocycles. The second kappa shape index (κ2) is 24.7. The lowest BCUT2D eigenvalue weighted by Crippen LogP contribution is -2.70. The fourth-order valence-corrected chi connectivity index (χ4v) is 23.6. The standard InChI is InChI=1S/C37H60O11.C37H56O9/c1-19-7-9-27-21(3)29(41-32-36(27)25(19)11-13-34(5,43-32)45-47-36)15-23(17-38)31(40)24(18-39)16-30-22(4)28-10-8-20(2)26-12-14-35(6)44-33(42-30)37(26,28)48-46-35;1-19-9-11-27-23(5)29(39-32-36(27)25(19)13-15-34(7,41-32)43-45-36)17-21(3)31(38)22(4)18-30-24(6)28-12-10-20(2)26-14-16-35(8)42-33(40-30)37(26,28)46-44-35/h19-33,38-40H,7-18H2,1-6H3;19-20,23-33,38H,3-4,9-18H2,1-2,5-8H3/t19-,20-,21-,22-,23?,24?,25+,26+,27+,28+,29-,30-,31?,32-,33-,34+,35+,36-,37-;19-,20-,23-,24-,25+,26+,27+,28+,29-,30-,32-,33-,34+,35+,36-,37-/m11/s1. The molecule has 532 valence electrons. The molecule has 16 saturated heterocycles. The summed E-state index contributed by atoms with van der Waals surface area (Å²) in [5.74, 6) is 0.236. The Morgan fingerprint density at radius 2 is 0.617 bits per heavy atom. The Kier molecular flexibility index (Phi) is 18.0. The zero-order chi connectivity index (χ0) is 66.2. The number of hydrogen-bond acceptors (Lipinski definition) is 20. The molecular weight excluding hydrogens is 1210 g/mol. The van der Waals surface area contributed by atoms with Gasteiger partial charge >= 0.3 is 0 Å². The predicted octanol–water partition coefficient (Wildman–Crippen LogP) is 11.6. The summed E-state index contributed by atoms with van der Waals surface area (Å²) in [6.45, 7) is 34.3. The van der Waals surface area contributed by atoms with E-state index >= 15 is 0 Å². The SMILES string of the molecule is C=C(C[C@H]1O[C@@H]2O[C@]3(C)CC[C@H]4[C@H](C)CC[C@@H]([C@H]1C)[C@@]24OO3)C(O)C(=C)C[C@H]1O[C@@H]2O[C@]3(C)CC[C@H]4[C@H](C)CC[C@@H]([C@H]1C)[C@@]24OO3.C[C@H]1[C@@H](CC(CO)C(O)C(CO)C[C@H]2O[C@@H]3O[C@]4(C)CC[C@H]5[C@H](C)CC[C@@H]([C@H]2C)[C@@]35OO4)O[C@@H]2O[C@]3(C)CC[C@H]4[C@H](C)CC[C@@H]1[C@@]24OO3. The average Bonchev–Trinajstić information content (AvgIpc) is 1.32. The fraction of sp³-hybridized carbons (Fsp3) is 0.946. The lowest BCUT2D eigenvalue weighted by molar-refractivity contribution is -0.571. The Balaban J connectivity index is 0.000000155. The molecule has 20 heteroatoms. The van der Waals surface area contributed by atoms with Gasteiger partial charge in [-0.2, -0.15) is 0 Å². The van der Waals surface area contributed by atoms with Crippen molar-refractivity contribution in [3.63, 3.8) is 0 Å². The summed E-state index contributed by atoms with van der Waals surface area (Å²) in [5, 5.41) is 45.0. The van der Waals surface area contributed by atoms with Crippen LogP contribution in [0.5, 0.6) is 0 Å². The lowest BCUT2D eigenvalue weighted by atomic mass is 9.57. The third-order valence-corrected chi connectivity index (χ3v) is 29.4. The molecular formula is C74H116O20. The van der Waals surface area contributed by atoms with E-state index in [4.69, 9.17) is 77.0 Å². The van der Waals surface area contributed by atoms with Gasteiger partial charge in [0.25, 0.3) is 0 Å². The molecule has 20 nitrogen and oxygen atoms in total. The molecule has 20 fully saturated rings. The maximum Gasteiger partial charge on any atom is 0.201 e. The minimum atomic E-state index is -0.955. The molecule has 34 atom stereocenters. The molecule has 4 saturated carbocycles. The topological polar surface area (TPSA) is 229 Å². The molecule has 16 heterocycles. The van der Waals surface area contributed by atoms with Crippen molar-refractivity contribution >= 4 is 0 Å². The highest BCUT2D eigenvalue weighted by molar-refractivity contribution is 5.23. The van der Waals surface area contributed by atoms with Crippen LogP contribution in [-0.4, -0.2) is 141 Å². The van der Waals surface area contributed by atoms with E-state index in [1.807, 2.05) is 27.7 Å². The summed E-state index contributed by atoms with van der Waals surface area (Å²) in [6.07, 6.45) is 12.7. The number of fused-ring (bicyclic) bond motifs is 8. The summed E-state index contributed by atoms with van der Waals surface area (Å²) in [7, 11) is 0. The maximum absolute atomic E-state index is 11.9. The van der Waals surface area contributed by atoms with E-state index in [0.29, 0.717) is 72.3 Å². The molecule has 0 radical (unpaired) electrons. The van der Waals surface area contributed by atoms with Crippen LogP contribution >= 0.6 is 0 Å². The predicted molar refractivity (Wildman–Crippen MR) is 337 cm³/mol. The van der Waals surface area contributed by atoms with Gasteiger partial charge in [0.15, 0.2) is 47.6 Å². The summed E-state index contributed by atoms with van der Waals surface area (Å²) < 4.78 is 53.4. The second-order valence-corrected chi connectivity index (χ2v) is 34.7. The van der Waals surface area contributed by atoms with Gasteiger partial charge in [0, 0.05) is 74.4 Å². The molecule has 8 bridgehead atoms. The lowest BCUT2D eigenvalue weighted by Gasteiger charge is -2.61. The Morgan fingerprint density at radius 3 is 0.883 bits per heavy atom. The summed E-state index contributed by atoms with van der Waals surface area (Å²) >= 11 is 0.